The predicted octanol–water partition coefficient (Wildman–Crippen LogP) is 3.02. The first-order chi connectivity index (χ1) is 10.2. The number of ether oxygens (including phenoxy) is 1. The second kappa shape index (κ2) is 7.33. The van der Waals surface area contributed by atoms with Gasteiger partial charge >= 0.3 is 0 Å². The third kappa shape index (κ3) is 4.52. The summed E-state index contributed by atoms with van der Waals surface area (Å²) in [5.41, 5.74) is 6.62. The van der Waals surface area contributed by atoms with Gasteiger partial charge in [0.2, 0.25) is 5.95 Å². The average Bonchev–Trinajstić information content (AvgIpc) is 2.46. The van der Waals surface area contributed by atoms with Crippen LogP contribution in [0.15, 0.2) is 30.3 Å². The van der Waals surface area contributed by atoms with E-state index in [-0.39, 0.29) is 5.95 Å². The van der Waals surface area contributed by atoms with E-state index in [1.54, 1.807) is 0 Å². The maximum Gasteiger partial charge on any atom is 0.223 e. The second-order valence-corrected chi connectivity index (χ2v) is 4.52. The molecule has 112 valence electrons. The zero-order valence-corrected chi connectivity index (χ0v) is 12.4. The minimum Gasteiger partial charge on any atom is -0.494 e. The van der Waals surface area contributed by atoms with E-state index >= 15 is 0 Å². The summed E-state index contributed by atoms with van der Waals surface area (Å²) in [6.45, 7) is 5.58. The smallest absolute Gasteiger partial charge is 0.223 e. The molecule has 0 bridgehead atoms. The van der Waals surface area contributed by atoms with Crippen LogP contribution in [0, 0.1) is 0 Å². The van der Waals surface area contributed by atoms with E-state index in [4.69, 9.17) is 10.5 Å². The molecule has 1 aromatic heterocycles. The van der Waals surface area contributed by atoms with Crippen molar-refractivity contribution in [3.8, 4) is 5.75 Å². The van der Waals surface area contributed by atoms with E-state index in [0.717, 1.165) is 31.0 Å². The minimum atomic E-state index is 0.235. The molecule has 4 N–H and O–H groups in total. The number of hydrogen-bond donors (Lipinski definition) is 3. The number of rotatable bonds is 7. The van der Waals surface area contributed by atoms with Crippen molar-refractivity contribution in [3.05, 3.63) is 30.3 Å². The molecule has 0 atom stereocenters. The number of nitrogens with zero attached hydrogens (tertiary/aromatic N) is 2. The molecule has 21 heavy (non-hydrogen) atoms. The van der Waals surface area contributed by atoms with Gasteiger partial charge in [-0.1, -0.05) is 6.92 Å². The number of aromatic nitrogens is 2. The lowest BCUT2D eigenvalue weighted by Crippen LogP contribution is -2.05. The lowest BCUT2D eigenvalue weighted by Gasteiger charge is -2.10. The zero-order valence-electron chi connectivity index (χ0n) is 12.4. The fourth-order valence-electron chi connectivity index (χ4n) is 1.80. The largest absolute Gasteiger partial charge is 0.494 e. The Hall–Kier alpha value is -2.50. The summed E-state index contributed by atoms with van der Waals surface area (Å²) in [7, 11) is 0. The molecule has 0 unspecified atom stereocenters. The van der Waals surface area contributed by atoms with Crippen LogP contribution < -0.4 is 21.1 Å². The number of nitrogens with two attached hydrogens (primary N) is 1. The van der Waals surface area contributed by atoms with Crippen LogP contribution >= 0.6 is 0 Å². The molecule has 6 nitrogen and oxygen atoms in total. The molecular formula is C15H21N5O. The van der Waals surface area contributed by atoms with Gasteiger partial charge in [-0.3, -0.25) is 0 Å². The Balaban J connectivity index is 2.07. The quantitative estimate of drug-likeness (QED) is 0.726. The zero-order chi connectivity index (χ0) is 15.1. The number of nitrogen functional groups attached to an aromatic ring is 1. The topological polar surface area (TPSA) is 85.1 Å². The highest BCUT2D eigenvalue weighted by molar-refractivity contribution is 5.61. The van der Waals surface area contributed by atoms with Gasteiger partial charge in [0.15, 0.2) is 0 Å². The van der Waals surface area contributed by atoms with Crippen molar-refractivity contribution in [2.75, 3.05) is 29.5 Å². The molecule has 2 rings (SSSR count). The second-order valence-electron chi connectivity index (χ2n) is 4.52. The highest BCUT2D eigenvalue weighted by Gasteiger charge is 2.02. The molecule has 0 aliphatic heterocycles. The normalized spacial score (nSPS) is 10.2. The fourth-order valence-corrected chi connectivity index (χ4v) is 1.80. The monoisotopic (exact) mass is 287 g/mol. The maximum absolute atomic E-state index is 5.70. The lowest BCUT2D eigenvalue weighted by atomic mass is 10.3. The summed E-state index contributed by atoms with van der Waals surface area (Å²) < 4.78 is 5.55. The van der Waals surface area contributed by atoms with Gasteiger partial charge in [0, 0.05) is 18.3 Å². The van der Waals surface area contributed by atoms with Crippen LogP contribution in [0.1, 0.15) is 20.3 Å². The van der Waals surface area contributed by atoms with Crippen molar-refractivity contribution in [2.24, 2.45) is 0 Å². The van der Waals surface area contributed by atoms with E-state index in [1.165, 1.54) is 0 Å². The van der Waals surface area contributed by atoms with E-state index in [9.17, 15) is 0 Å². The van der Waals surface area contributed by atoms with Crippen molar-refractivity contribution >= 4 is 23.3 Å². The Labute approximate surface area is 124 Å². The van der Waals surface area contributed by atoms with Gasteiger partial charge in [-0.25, -0.2) is 0 Å². The number of anilines is 4. The Morgan fingerprint density at radius 3 is 2.48 bits per heavy atom. The molecule has 0 radical (unpaired) electrons. The SMILES string of the molecule is CCCOc1ccc(Nc2cc(NCC)nc(N)n2)cc1. The van der Waals surface area contributed by atoms with Crippen LogP contribution in [0.2, 0.25) is 0 Å². The van der Waals surface area contributed by atoms with Crippen molar-refractivity contribution in [1.82, 2.24) is 9.97 Å². The van der Waals surface area contributed by atoms with Crippen molar-refractivity contribution in [3.63, 3.8) is 0 Å². The molecule has 0 saturated carbocycles. The summed E-state index contributed by atoms with van der Waals surface area (Å²) in [6, 6.07) is 9.55. The standard InChI is InChI=1S/C15H21N5O/c1-3-9-21-12-7-5-11(6-8-12)18-14-10-13(17-4-2)19-15(16)20-14/h5-8,10H,3-4,9H2,1-2H3,(H4,16,17,18,19,20). The fraction of sp³-hybridized carbons (Fsp3) is 0.333. The molecule has 1 aromatic carbocycles. The van der Waals surface area contributed by atoms with Gasteiger partial charge in [0.05, 0.1) is 6.61 Å². The van der Waals surface area contributed by atoms with Gasteiger partial charge in [-0.05, 0) is 37.6 Å². The van der Waals surface area contributed by atoms with Gasteiger partial charge in [-0.15, -0.1) is 0 Å². The van der Waals surface area contributed by atoms with Crippen LogP contribution in [-0.2, 0) is 0 Å². The Kier molecular flexibility index (Phi) is 5.20. The molecule has 0 amide bonds. The van der Waals surface area contributed by atoms with E-state index in [1.807, 2.05) is 37.3 Å². The van der Waals surface area contributed by atoms with Crippen molar-refractivity contribution in [1.29, 1.82) is 0 Å². The molecule has 1 heterocycles. The van der Waals surface area contributed by atoms with E-state index in [2.05, 4.69) is 27.5 Å². The molecular weight excluding hydrogens is 266 g/mol. The van der Waals surface area contributed by atoms with Crippen molar-refractivity contribution < 1.29 is 4.74 Å². The highest BCUT2D eigenvalue weighted by Crippen LogP contribution is 2.21. The molecule has 2 aromatic rings. The first-order valence-corrected chi connectivity index (χ1v) is 7.09. The third-order valence-corrected chi connectivity index (χ3v) is 2.70. The summed E-state index contributed by atoms with van der Waals surface area (Å²) in [6.07, 6.45) is 0.993. The van der Waals surface area contributed by atoms with Crippen molar-refractivity contribution in [2.45, 2.75) is 20.3 Å². The summed E-state index contributed by atoms with van der Waals surface area (Å²) >= 11 is 0. The summed E-state index contributed by atoms with van der Waals surface area (Å²) in [4.78, 5) is 8.28. The Morgan fingerprint density at radius 1 is 1.10 bits per heavy atom. The first-order valence-electron chi connectivity index (χ1n) is 7.09. The van der Waals surface area contributed by atoms with Gasteiger partial charge in [0.25, 0.3) is 0 Å². The molecule has 6 heteroatoms. The van der Waals surface area contributed by atoms with Crippen LogP contribution in [0.5, 0.6) is 5.75 Å². The van der Waals surface area contributed by atoms with Gasteiger partial charge < -0.3 is 21.1 Å². The van der Waals surface area contributed by atoms with E-state index in [0.29, 0.717) is 11.6 Å². The maximum atomic E-state index is 5.70. The van der Waals surface area contributed by atoms with Crippen LogP contribution in [0.4, 0.5) is 23.3 Å². The highest BCUT2D eigenvalue weighted by atomic mass is 16.5. The van der Waals surface area contributed by atoms with E-state index < -0.39 is 0 Å². The number of hydrogen-bond acceptors (Lipinski definition) is 6. The first kappa shape index (κ1) is 14.9. The van der Waals surface area contributed by atoms with Crippen LogP contribution in [-0.4, -0.2) is 23.1 Å². The number of benzene rings is 1. The molecule has 0 fully saturated rings. The predicted molar refractivity (Wildman–Crippen MR) is 86.1 cm³/mol. The number of nitrogens with one attached hydrogen (secondary N) is 2. The summed E-state index contributed by atoms with van der Waals surface area (Å²) in [5.74, 6) is 2.45. The molecule has 0 spiro atoms. The minimum absolute atomic E-state index is 0.235. The lowest BCUT2D eigenvalue weighted by molar-refractivity contribution is 0.317. The Morgan fingerprint density at radius 2 is 1.81 bits per heavy atom. The molecule has 0 aliphatic carbocycles. The van der Waals surface area contributed by atoms with Crippen LogP contribution in [0.3, 0.4) is 0 Å². The van der Waals surface area contributed by atoms with Gasteiger partial charge in [0.1, 0.15) is 17.4 Å². The average molecular weight is 287 g/mol. The summed E-state index contributed by atoms with van der Waals surface area (Å²) in [5, 5.41) is 6.32. The molecule has 0 aliphatic rings. The van der Waals surface area contributed by atoms with Gasteiger partial charge in [-0.2, -0.15) is 9.97 Å². The van der Waals surface area contributed by atoms with Crippen LogP contribution in [0.25, 0.3) is 0 Å². The third-order valence-electron chi connectivity index (χ3n) is 2.70. The Bertz CT molecular complexity index is 571. The molecule has 0 saturated heterocycles.